The fraction of sp³-hybridized carbons (Fsp3) is 0.292. The Kier molecular flexibility index (Phi) is 7.30. The summed E-state index contributed by atoms with van der Waals surface area (Å²) >= 11 is 3.42. The zero-order chi connectivity index (χ0) is 24.2. The molecule has 2 heterocycles. The molecule has 10 heteroatoms. The lowest BCUT2D eigenvalue weighted by Crippen LogP contribution is -2.41. The second-order valence-electron chi connectivity index (χ2n) is 7.81. The molecule has 2 aromatic carbocycles. The number of carbonyl (C=O) groups is 2. The number of hydrogen-bond donors (Lipinski definition) is 3. The molecule has 0 spiro atoms. The predicted molar refractivity (Wildman–Crippen MR) is 128 cm³/mol. The molecule has 34 heavy (non-hydrogen) atoms. The summed E-state index contributed by atoms with van der Waals surface area (Å²) in [4.78, 5) is 35.3. The number of aliphatic hydroxyl groups is 1. The van der Waals surface area contributed by atoms with Crippen molar-refractivity contribution in [3.63, 3.8) is 0 Å². The third-order valence-corrected chi connectivity index (χ3v) is 6.20. The van der Waals surface area contributed by atoms with Gasteiger partial charge in [-0.3, -0.25) is 4.79 Å². The highest BCUT2D eigenvalue weighted by Gasteiger charge is 2.46. The number of aromatic nitrogens is 2. The first-order valence-corrected chi connectivity index (χ1v) is 11.5. The number of imide groups is 1. The number of imidazole rings is 1. The largest absolute Gasteiger partial charge is 0.491 e. The fourth-order valence-electron chi connectivity index (χ4n) is 3.85. The number of methoxy groups -OCH3 is 1. The highest BCUT2D eigenvalue weighted by atomic mass is 79.9. The number of rotatable bonds is 9. The number of amides is 3. The first-order valence-electron chi connectivity index (χ1n) is 10.7. The van der Waals surface area contributed by atoms with Crippen LogP contribution in [-0.4, -0.2) is 58.3 Å². The molecule has 3 atom stereocenters. The van der Waals surface area contributed by atoms with E-state index in [0.717, 1.165) is 15.7 Å². The van der Waals surface area contributed by atoms with Crippen molar-refractivity contribution in [2.24, 2.45) is 0 Å². The molecule has 0 unspecified atom stereocenters. The van der Waals surface area contributed by atoms with Crippen LogP contribution in [0.3, 0.4) is 0 Å². The molecular weight excluding hydrogens is 504 g/mol. The molecule has 0 radical (unpaired) electrons. The van der Waals surface area contributed by atoms with Gasteiger partial charge in [0.15, 0.2) is 0 Å². The van der Waals surface area contributed by atoms with Gasteiger partial charge in [0.1, 0.15) is 30.3 Å². The third-order valence-electron chi connectivity index (χ3n) is 5.67. The van der Waals surface area contributed by atoms with E-state index in [9.17, 15) is 9.59 Å². The minimum atomic E-state index is -0.841. The molecule has 3 amide bonds. The van der Waals surface area contributed by atoms with E-state index >= 15 is 0 Å². The summed E-state index contributed by atoms with van der Waals surface area (Å²) in [5, 5.41) is 11.7. The van der Waals surface area contributed by atoms with Crippen molar-refractivity contribution >= 4 is 27.9 Å². The zero-order valence-corrected chi connectivity index (χ0v) is 20.3. The quantitative estimate of drug-likeness (QED) is 0.365. The van der Waals surface area contributed by atoms with Crippen LogP contribution < -0.4 is 10.1 Å². The van der Waals surface area contributed by atoms with E-state index in [1.165, 1.54) is 12.0 Å². The molecule has 9 nitrogen and oxygen atoms in total. The summed E-state index contributed by atoms with van der Waals surface area (Å²) in [7, 11) is 1.53. The topological polar surface area (TPSA) is 117 Å². The Bertz CT molecular complexity index is 1150. The number of carbonyl (C=O) groups excluding carboxylic acids is 2. The van der Waals surface area contributed by atoms with Crippen molar-refractivity contribution in [2.75, 3.05) is 20.3 Å². The highest BCUT2D eigenvalue weighted by molar-refractivity contribution is 9.10. The van der Waals surface area contributed by atoms with Crippen LogP contribution in [0.2, 0.25) is 0 Å². The maximum absolute atomic E-state index is 13.4. The molecule has 0 bridgehead atoms. The van der Waals surface area contributed by atoms with Gasteiger partial charge in [-0.1, -0.05) is 40.2 Å². The van der Waals surface area contributed by atoms with Crippen LogP contribution in [0.1, 0.15) is 30.4 Å². The van der Waals surface area contributed by atoms with Crippen LogP contribution >= 0.6 is 15.9 Å². The van der Waals surface area contributed by atoms with Crippen molar-refractivity contribution in [1.82, 2.24) is 20.2 Å². The van der Waals surface area contributed by atoms with Gasteiger partial charge < -0.3 is 24.9 Å². The van der Waals surface area contributed by atoms with E-state index in [1.807, 2.05) is 24.3 Å². The number of aliphatic hydroxyl groups excluding tert-OH is 1. The lowest BCUT2D eigenvalue weighted by Gasteiger charge is -2.28. The number of ether oxygens (including phenoxy) is 2. The molecule has 1 aliphatic rings. The molecule has 1 saturated heterocycles. The predicted octanol–water partition coefficient (Wildman–Crippen LogP) is 3.58. The smallest absolute Gasteiger partial charge is 0.325 e. The number of nitrogens with zero attached hydrogens (tertiary/aromatic N) is 2. The average Bonchev–Trinajstić information content (AvgIpc) is 3.44. The van der Waals surface area contributed by atoms with Crippen molar-refractivity contribution in [2.45, 2.75) is 25.1 Å². The fourth-order valence-corrected chi connectivity index (χ4v) is 4.11. The Hall–Kier alpha value is -3.21. The number of nitrogens with one attached hydrogen (secondary N) is 2. The SMILES string of the molecule is CO[C@H](C)[C@@H](c1ncc(-c2ccc(Br)cc2)[nH]1)N1C(=O)N[C@H](c2ccc(OCCO)cc2)C1=O. The maximum Gasteiger partial charge on any atom is 0.325 e. The number of aromatic amines is 1. The Morgan fingerprint density at radius 2 is 1.85 bits per heavy atom. The van der Waals surface area contributed by atoms with Gasteiger partial charge >= 0.3 is 6.03 Å². The van der Waals surface area contributed by atoms with E-state index < -0.39 is 30.1 Å². The maximum atomic E-state index is 13.4. The summed E-state index contributed by atoms with van der Waals surface area (Å²) in [5.41, 5.74) is 2.30. The van der Waals surface area contributed by atoms with Crippen molar-refractivity contribution in [1.29, 1.82) is 0 Å². The molecular formula is C24H25BrN4O5. The van der Waals surface area contributed by atoms with Crippen LogP contribution in [-0.2, 0) is 9.53 Å². The molecule has 3 N–H and O–H groups in total. The van der Waals surface area contributed by atoms with Gasteiger partial charge in [-0.25, -0.2) is 14.7 Å². The number of hydrogen-bond acceptors (Lipinski definition) is 6. The lowest BCUT2D eigenvalue weighted by atomic mass is 10.1. The highest BCUT2D eigenvalue weighted by Crippen LogP contribution is 2.33. The van der Waals surface area contributed by atoms with Gasteiger partial charge in [-0.05, 0) is 42.3 Å². The van der Waals surface area contributed by atoms with Crippen molar-refractivity contribution in [3.8, 4) is 17.0 Å². The zero-order valence-electron chi connectivity index (χ0n) is 18.7. The molecule has 178 valence electrons. The molecule has 4 rings (SSSR count). The number of halogens is 1. The number of urea groups is 1. The second kappa shape index (κ2) is 10.4. The van der Waals surface area contributed by atoms with Gasteiger partial charge in [0, 0.05) is 11.6 Å². The van der Waals surface area contributed by atoms with E-state index in [0.29, 0.717) is 17.1 Å². The number of benzene rings is 2. The minimum absolute atomic E-state index is 0.0940. The first-order chi connectivity index (χ1) is 16.4. The summed E-state index contributed by atoms with van der Waals surface area (Å²) in [6, 6.07) is 12.4. The van der Waals surface area contributed by atoms with E-state index in [-0.39, 0.29) is 13.2 Å². The Morgan fingerprint density at radius 3 is 2.50 bits per heavy atom. The molecule has 3 aromatic rings. The average molecular weight is 529 g/mol. The van der Waals surface area contributed by atoms with Crippen LogP contribution in [0.15, 0.2) is 59.2 Å². The molecule has 0 saturated carbocycles. The van der Waals surface area contributed by atoms with E-state index in [4.69, 9.17) is 14.6 Å². The van der Waals surface area contributed by atoms with Crippen LogP contribution in [0, 0.1) is 0 Å². The molecule has 1 fully saturated rings. The summed E-state index contributed by atoms with van der Waals surface area (Å²) in [6.07, 6.45) is 1.17. The standard InChI is InChI=1S/C24H25BrN4O5/c1-14(33-2)21(22-26-13-19(27-22)15-3-7-17(25)8-4-15)29-23(31)20(28-24(29)32)16-5-9-18(10-6-16)34-12-11-30/h3-10,13-14,20-21,30H,11-12H2,1-2H3,(H,26,27)(H,28,32)/t14-,20-,21+/m1/s1. The Balaban J connectivity index is 1.60. The van der Waals surface area contributed by atoms with Crippen LogP contribution in [0.5, 0.6) is 5.75 Å². The minimum Gasteiger partial charge on any atom is -0.491 e. The van der Waals surface area contributed by atoms with Crippen molar-refractivity contribution in [3.05, 3.63) is 70.6 Å². The summed E-state index contributed by atoms with van der Waals surface area (Å²) in [6.45, 7) is 1.87. The Labute approximate surface area is 205 Å². The molecule has 1 aliphatic heterocycles. The van der Waals surface area contributed by atoms with Gasteiger partial charge in [-0.2, -0.15) is 0 Å². The summed E-state index contributed by atoms with van der Waals surface area (Å²) < 4.78 is 11.8. The van der Waals surface area contributed by atoms with Gasteiger partial charge in [0.25, 0.3) is 5.91 Å². The van der Waals surface area contributed by atoms with Crippen molar-refractivity contribution < 1.29 is 24.2 Å². The number of H-pyrrole nitrogens is 1. The lowest BCUT2D eigenvalue weighted by molar-refractivity contribution is -0.131. The molecule has 0 aliphatic carbocycles. The Morgan fingerprint density at radius 1 is 1.15 bits per heavy atom. The third kappa shape index (κ3) is 4.84. The first kappa shape index (κ1) is 23.9. The summed E-state index contributed by atoms with van der Waals surface area (Å²) in [5.74, 6) is 0.613. The van der Waals surface area contributed by atoms with Crippen LogP contribution in [0.25, 0.3) is 11.3 Å². The van der Waals surface area contributed by atoms with Gasteiger partial charge in [0.05, 0.1) is 24.6 Å². The van der Waals surface area contributed by atoms with Gasteiger partial charge in [-0.15, -0.1) is 0 Å². The van der Waals surface area contributed by atoms with E-state index in [1.54, 1.807) is 37.4 Å². The second-order valence-corrected chi connectivity index (χ2v) is 8.72. The monoisotopic (exact) mass is 528 g/mol. The van der Waals surface area contributed by atoms with E-state index in [2.05, 4.69) is 31.2 Å². The van der Waals surface area contributed by atoms with Crippen LogP contribution in [0.4, 0.5) is 4.79 Å². The molecule has 1 aromatic heterocycles. The normalized spacial score (nSPS) is 17.5. The van der Waals surface area contributed by atoms with Gasteiger partial charge in [0.2, 0.25) is 0 Å².